The Morgan fingerprint density at radius 1 is 1.06 bits per heavy atom. The highest BCUT2D eigenvalue weighted by Crippen LogP contribution is 2.34. The normalized spacial score (nSPS) is 13.3. The van der Waals surface area contributed by atoms with Crippen LogP contribution in [-0.2, 0) is 22.2 Å². The van der Waals surface area contributed by atoms with Crippen molar-refractivity contribution in [2.45, 2.75) is 24.7 Å². The number of hydrogen-bond acceptors (Lipinski definition) is 7. The smallest absolute Gasteiger partial charge is 0.417 e. The second kappa shape index (κ2) is 9.93. The highest BCUT2D eigenvalue weighted by Gasteiger charge is 2.34. The first-order valence-electron chi connectivity index (χ1n) is 9.88. The predicted octanol–water partition coefficient (Wildman–Crippen LogP) is 1.50. The number of alkyl halides is 3. The molecule has 12 heteroatoms. The van der Waals surface area contributed by atoms with E-state index >= 15 is 0 Å². The molecule has 2 aromatic carbocycles. The molecule has 1 aromatic heterocycles. The van der Waals surface area contributed by atoms with E-state index in [1.165, 1.54) is 30.3 Å². The van der Waals surface area contributed by atoms with E-state index in [2.05, 4.69) is 10.6 Å². The van der Waals surface area contributed by atoms with E-state index in [9.17, 15) is 32.7 Å². The van der Waals surface area contributed by atoms with E-state index in [0.29, 0.717) is 11.6 Å². The lowest BCUT2D eigenvalue weighted by Gasteiger charge is -2.20. The van der Waals surface area contributed by atoms with Gasteiger partial charge in [0.1, 0.15) is 23.4 Å². The third-order valence-corrected chi connectivity index (χ3v) is 4.86. The van der Waals surface area contributed by atoms with Gasteiger partial charge in [0.25, 0.3) is 0 Å². The molecule has 3 aromatic rings. The highest BCUT2D eigenvalue weighted by atomic mass is 19.4. The third kappa shape index (κ3) is 5.91. The largest absolute Gasteiger partial charge is 0.508 e. The lowest BCUT2D eigenvalue weighted by atomic mass is 10.0. The molecule has 0 bridgehead atoms. The number of nitrogens with two attached hydrogens (primary N) is 1. The molecular weight excluding hydrogens is 459 g/mol. The molecule has 0 spiro atoms. The zero-order chi connectivity index (χ0) is 25.0. The number of aliphatic hydroxyl groups excluding tert-OH is 1. The summed E-state index contributed by atoms with van der Waals surface area (Å²) in [5.41, 5.74) is 3.30. The quantitative estimate of drug-likeness (QED) is 0.322. The van der Waals surface area contributed by atoms with Crippen molar-refractivity contribution in [2.75, 3.05) is 11.9 Å². The summed E-state index contributed by atoms with van der Waals surface area (Å²) in [6, 6.07) is 6.97. The van der Waals surface area contributed by atoms with E-state index in [4.69, 9.17) is 15.3 Å². The van der Waals surface area contributed by atoms with Crippen LogP contribution in [-0.4, -0.2) is 40.7 Å². The van der Waals surface area contributed by atoms with Gasteiger partial charge in [-0.1, -0.05) is 12.1 Å². The summed E-state index contributed by atoms with van der Waals surface area (Å²) in [6.45, 7) is -0.662. The number of carbonyl (C=O) groups excluding carboxylic acids is 2. The summed E-state index contributed by atoms with van der Waals surface area (Å²) in [5.74, 6) is -1.56. The van der Waals surface area contributed by atoms with Crippen LogP contribution in [0.25, 0.3) is 11.0 Å². The summed E-state index contributed by atoms with van der Waals surface area (Å²) in [6.07, 6.45) is -4.82. The van der Waals surface area contributed by atoms with E-state index in [-0.39, 0.29) is 28.8 Å². The number of aromatic hydroxyl groups is 1. The SMILES string of the molecule is N[C@@H](CO)C(=O)N[C@@H](Cc1ccc(O)cc1)C(=O)Nc1ccc2c(C(F)(F)F)cc(=O)oc2c1. The Morgan fingerprint density at radius 3 is 2.35 bits per heavy atom. The number of carbonyl (C=O) groups is 2. The van der Waals surface area contributed by atoms with Gasteiger partial charge in [0.05, 0.1) is 12.2 Å². The van der Waals surface area contributed by atoms with E-state index in [1.807, 2.05) is 0 Å². The molecule has 0 saturated heterocycles. The van der Waals surface area contributed by atoms with Crippen LogP contribution < -0.4 is 22.0 Å². The van der Waals surface area contributed by atoms with Gasteiger partial charge in [-0.2, -0.15) is 13.2 Å². The van der Waals surface area contributed by atoms with Crippen molar-refractivity contribution in [3.05, 3.63) is 70.1 Å². The molecule has 34 heavy (non-hydrogen) atoms. The van der Waals surface area contributed by atoms with Gasteiger partial charge in [-0.3, -0.25) is 9.59 Å². The number of rotatable bonds is 7. The summed E-state index contributed by atoms with van der Waals surface area (Å²) >= 11 is 0. The van der Waals surface area contributed by atoms with Crippen LogP contribution in [0.2, 0.25) is 0 Å². The summed E-state index contributed by atoms with van der Waals surface area (Å²) in [4.78, 5) is 36.6. The van der Waals surface area contributed by atoms with E-state index < -0.39 is 47.9 Å². The molecule has 0 fully saturated rings. The average molecular weight is 479 g/mol. The number of nitrogens with one attached hydrogen (secondary N) is 2. The number of aliphatic hydroxyl groups is 1. The van der Waals surface area contributed by atoms with E-state index in [1.54, 1.807) is 0 Å². The minimum absolute atomic E-state index is 0.00743. The minimum atomic E-state index is -4.79. The molecule has 0 unspecified atom stereocenters. The number of phenolic OH excluding ortho intramolecular Hbond substituents is 1. The maximum Gasteiger partial charge on any atom is 0.417 e. The minimum Gasteiger partial charge on any atom is -0.508 e. The van der Waals surface area contributed by atoms with Crippen LogP contribution in [0.3, 0.4) is 0 Å². The average Bonchev–Trinajstić information content (AvgIpc) is 2.77. The Kier molecular flexibility index (Phi) is 7.23. The molecule has 0 aliphatic carbocycles. The molecule has 3 rings (SSSR count). The van der Waals surface area contributed by atoms with Gasteiger partial charge in [0, 0.05) is 29.6 Å². The first-order chi connectivity index (χ1) is 16.0. The molecule has 0 aliphatic heterocycles. The van der Waals surface area contributed by atoms with Crippen molar-refractivity contribution in [2.24, 2.45) is 5.73 Å². The fourth-order valence-corrected chi connectivity index (χ4v) is 3.14. The van der Waals surface area contributed by atoms with Crippen LogP contribution in [0.15, 0.2) is 57.7 Å². The van der Waals surface area contributed by atoms with Crippen LogP contribution >= 0.6 is 0 Å². The van der Waals surface area contributed by atoms with Gasteiger partial charge < -0.3 is 31.0 Å². The highest BCUT2D eigenvalue weighted by molar-refractivity contribution is 5.99. The van der Waals surface area contributed by atoms with Gasteiger partial charge in [0.2, 0.25) is 11.8 Å². The van der Waals surface area contributed by atoms with Crippen molar-refractivity contribution < 1.29 is 37.4 Å². The molecule has 0 saturated carbocycles. The first-order valence-corrected chi connectivity index (χ1v) is 9.88. The number of benzene rings is 2. The monoisotopic (exact) mass is 479 g/mol. The molecule has 0 aliphatic rings. The zero-order valence-electron chi connectivity index (χ0n) is 17.4. The van der Waals surface area contributed by atoms with Crippen LogP contribution in [0.4, 0.5) is 18.9 Å². The fraction of sp³-hybridized carbons (Fsp3) is 0.227. The third-order valence-electron chi connectivity index (χ3n) is 4.86. The Bertz CT molecular complexity index is 1260. The van der Waals surface area contributed by atoms with Crippen LogP contribution in [0.5, 0.6) is 5.75 Å². The summed E-state index contributed by atoms with van der Waals surface area (Å²) in [7, 11) is 0. The topological polar surface area (TPSA) is 155 Å². The van der Waals surface area contributed by atoms with Crippen LogP contribution in [0.1, 0.15) is 11.1 Å². The maximum atomic E-state index is 13.2. The zero-order valence-corrected chi connectivity index (χ0v) is 17.4. The second-order valence-electron chi connectivity index (χ2n) is 7.40. The summed E-state index contributed by atoms with van der Waals surface area (Å²) < 4.78 is 44.5. The number of anilines is 1. The van der Waals surface area contributed by atoms with E-state index in [0.717, 1.165) is 12.1 Å². The molecule has 2 atom stereocenters. The van der Waals surface area contributed by atoms with Crippen LogP contribution in [0, 0.1) is 0 Å². The molecule has 6 N–H and O–H groups in total. The number of phenols is 1. The van der Waals surface area contributed by atoms with Crippen molar-refractivity contribution in [3.63, 3.8) is 0 Å². The molecular formula is C22H20F3N3O6. The van der Waals surface area contributed by atoms with Gasteiger partial charge in [0.15, 0.2) is 0 Å². The molecule has 9 nitrogen and oxygen atoms in total. The Hall–Kier alpha value is -3.90. The Labute approximate surface area is 190 Å². The molecule has 180 valence electrons. The predicted molar refractivity (Wildman–Crippen MR) is 115 cm³/mol. The number of halogens is 3. The van der Waals surface area contributed by atoms with Crippen molar-refractivity contribution in [3.8, 4) is 5.75 Å². The Balaban J connectivity index is 1.89. The van der Waals surface area contributed by atoms with Crippen molar-refractivity contribution >= 4 is 28.5 Å². The number of hydrogen-bond donors (Lipinski definition) is 5. The maximum absolute atomic E-state index is 13.2. The second-order valence-corrected chi connectivity index (χ2v) is 7.40. The van der Waals surface area contributed by atoms with Gasteiger partial charge >= 0.3 is 11.8 Å². The number of fused-ring (bicyclic) bond motifs is 1. The standard InChI is InChI=1S/C22H20F3N3O6/c23-22(24,25)15-9-19(31)34-18-8-12(3-6-14(15)18)27-21(33)17(28-20(32)16(26)10-29)7-11-1-4-13(30)5-2-11/h1-6,8-9,16-17,29-30H,7,10,26H2,(H,27,33)(H,28,32)/t16-,17-/m0/s1. The van der Waals surface area contributed by atoms with Crippen molar-refractivity contribution in [1.82, 2.24) is 5.32 Å². The lowest BCUT2D eigenvalue weighted by molar-refractivity contribution is -0.136. The number of amides is 2. The summed E-state index contributed by atoms with van der Waals surface area (Å²) in [5, 5.41) is 23.0. The Morgan fingerprint density at radius 2 is 1.74 bits per heavy atom. The van der Waals surface area contributed by atoms with Crippen molar-refractivity contribution in [1.29, 1.82) is 0 Å². The fourth-order valence-electron chi connectivity index (χ4n) is 3.14. The molecule has 2 amide bonds. The molecule has 0 radical (unpaired) electrons. The lowest BCUT2D eigenvalue weighted by Crippen LogP contribution is -2.52. The first kappa shape index (κ1) is 24.7. The molecule has 1 heterocycles. The van der Waals surface area contributed by atoms with Gasteiger partial charge in [-0.05, 0) is 29.8 Å². The van der Waals surface area contributed by atoms with Gasteiger partial charge in [-0.15, -0.1) is 0 Å². The van der Waals surface area contributed by atoms with Gasteiger partial charge in [-0.25, -0.2) is 4.79 Å².